The highest BCUT2D eigenvalue weighted by Gasteiger charge is 2.03. The van der Waals surface area contributed by atoms with Crippen LogP contribution in [0, 0.1) is 11.8 Å². The molecule has 0 radical (unpaired) electrons. The van der Waals surface area contributed by atoms with Gasteiger partial charge in [0.2, 0.25) is 0 Å². The monoisotopic (exact) mass is 297 g/mol. The van der Waals surface area contributed by atoms with Crippen LogP contribution in [0.1, 0.15) is 18.3 Å². The average Bonchev–Trinajstić information content (AvgIpc) is 2.48. The third kappa shape index (κ3) is 4.62. The molecule has 0 aliphatic carbocycles. The highest BCUT2D eigenvalue weighted by molar-refractivity contribution is 7.98. The van der Waals surface area contributed by atoms with Crippen molar-refractivity contribution < 1.29 is 4.79 Å². The predicted molar refractivity (Wildman–Crippen MR) is 85.1 cm³/mol. The molecule has 0 fully saturated rings. The number of anilines is 1. The quantitative estimate of drug-likeness (QED) is 0.535. The number of aromatic nitrogens is 2. The highest BCUT2D eigenvalue weighted by Crippen LogP contribution is 2.15. The van der Waals surface area contributed by atoms with Crippen molar-refractivity contribution in [3.63, 3.8) is 0 Å². The summed E-state index contributed by atoms with van der Waals surface area (Å²) >= 11 is 1.59. The van der Waals surface area contributed by atoms with Crippen molar-refractivity contribution in [1.82, 2.24) is 9.97 Å². The summed E-state index contributed by atoms with van der Waals surface area (Å²) in [7, 11) is 0. The van der Waals surface area contributed by atoms with E-state index in [9.17, 15) is 4.79 Å². The molecular weight excluding hydrogens is 282 g/mol. The molecule has 2 aromatic rings. The minimum atomic E-state index is -0.310. The average molecular weight is 297 g/mol. The summed E-state index contributed by atoms with van der Waals surface area (Å²) < 4.78 is 0. The number of amides is 1. The van der Waals surface area contributed by atoms with Crippen LogP contribution in [0.25, 0.3) is 0 Å². The number of benzene rings is 1. The number of hydrogen-bond acceptors (Lipinski definition) is 4. The largest absolute Gasteiger partial charge is 0.315 e. The first kappa shape index (κ1) is 15.1. The summed E-state index contributed by atoms with van der Waals surface area (Å²) in [5.41, 5.74) is 1.76. The smallest absolute Gasteiger partial charge is 0.300 e. The first-order valence-corrected chi connectivity index (χ1v) is 7.62. The Hall–Kier alpha value is -2.32. The van der Waals surface area contributed by atoms with Gasteiger partial charge in [-0.25, -0.2) is 9.97 Å². The van der Waals surface area contributed by atoms with Gasteiger partial charge in [0.05, 0.1) is 5.03 Å². The normalized spacial score (nSPS) is 9.62. The maximum Gasteiger partial charge on any atom is 0.300 e. The fraction of sp³-hybridized carbons (Fsp3) is 0.188. The number of nitrogens with one attached hydrogen (secondary N) is 1. The van der Waals surface area contributed by atoms with Crippen molar-refractivity contribution in [3.8, 4) is 11.8 Å². The molecule has 0 saturated carbocycles. The van der Waals surface area contributed by atoms with Gasteiger partial charge in [-0.2, -0.15) is 0 Å². The van der Waals surface area contributed by atoms with E-state index in [1.165, 1.54) is 0 Å². The SMILES string of the molecule is CC#CC(=O)Nc1cccc(Cc2nccc(SC)n2)c1. The molecule has 1 heterocycles. The second kappa shape index (κ2) is 7.46. The molecule has 0 spiro atoms. The standard InChI is InChI=1S/C16H15N3OS/c1-3-5-15(20)18-13-7-4-6-12(10-13)11-14-17-9-8-16(19-14)21-2/h4,6-10H,11H2,1-2H3,(H,18,20). The Balaban J connectivity index is 2.13. The molecule has 0 aliphatic rings. The molecule has 2 rings (SSSR count). The minimum absolute atomic E-state index is 0.310. The molecule has 0 bridgehead atoms. The van der Waals surface area contributed by atoms with Crippen LogP contribution in [0.5, 0.6) is 0 Å². The van der Waals surface area contributed by atoms with Crippen molar-refractivity contribution >= 4 is 23.4 Å². The second-order valence-electron chi connectivity index (χ2n) is 4.22. The molecule has 1 amide bonds. The van der Waals surface area contributed by atoms with E-state index in [0.29, 0.717) is 6.42 Å². The Bertz CT molecular complexity index is 704. The highest BCUT2D eigenvalue weighted by atomic mass is 32.2. The molecule has 0 unspecified atom stereocenters. The van der Waals surface area contributed by atoms with Gasteiger partial charge in [0, 0.05) is 18.3 Å². The molecule has 21 heavy (non-hydrogen) atoms. The van der Waals surface area contributed by atoms with Crippen molar-refractivity contribution in [2.24, 2.45) is 0 Å². The Kier molecular flexibility index (Phi) is 5.35. The number of hydrogen-bond donors (Lipinski definition) is 1. The number of thioether (sulfide) groups is 1. The first-order chi connectivity index (χ1) is 10.2. The minimum Gasteiger partial charge on any atom is -0.315 e. The van der Waals surface area contributed by atoms with Gasteiger partial charge in [0.25, 0.3) is 5.91 Å². The zero-order valence-corrected chi connectivity index (χ0v) is 12.7. The number of carbonyl (C=O) groups excluding carboxylic acids is 1. The lowest BCUT2D eigenvalue weighted by atomic mass is 10.1. The summed E-state index contributed by atoms with van der Waals surface area (Å²) in [5, 5.41) is 3.68. The van der Waals surface area contributed by atoms with Crippen molar-refractivity contribution in [3.05, 3.63) is 47.9 Å². The number of rotatable bonds is 4. The second-order valence-corrected chi connectivity index (χ2v) is 5.05. The lowest BCUT2D eigenvalue weighted by molar-refractivity contribution is -0.111. The van der Waals surface area contributed by atoms with E-state index in [1.807, 2.05) is 36.6 Å². The Labute approximate surface area is 128 Å². The number of nitrogens with zero attached hydrogens (tertiary/aromatic N) is 2. The fourth-order valence-corrected chi connectivity index (χ4v) is 2.19. The van der Waals surface area contributed by atoms with Crippen LogP contribution in [0.2, 0.25) is 0 Å². The van der Waals surface area contributed by atoms with Crippen LogP contribution in [0.3, 0.4) is 0 Å². The van der Waals surface area contributed by atoms with Crippen LogP contribution >= 0.6 is 11.8 Å². The van der Waals surface area contributed by atoms with E-state index in [2.05, 4.69) is 27.1 Å². The zero-order chi connectivity index (χ0) is 15.1. The van der Waals surface area contributed by atoms with Crippen LogP contribution < -0.4 is 5.32 Å². The molecule has 0 aliphatic heterocycles. The van der Waals surface area contributed by atoms with Gasteiger partial charge in [-0.15, -0.1) is 11.8 Å². The Morgan fingerprint density at radius 2 is 2.24 bits per heavy atom. The third-order valence-electron chi connectivity index (χ3n) is 2.67. The Morgan fingerprint density at radius 3 is 3.00 bits per heavy atom. The maximum atomic E-state index is 11.5. The van der Waals surface area contributed by atoms with Crippen LogP contribution in [0.15, 0.2) is 41.6 Å². The van der Waals surface area contributed by atoms with E-state index in [-0.39, 0.29) is 5.91 Å². The van der Waals surface area contributed by atoms with E-state index in [4.69, 9.17) is 0 Å². The Morgan fingerprint density at radius 1 is 1.38 bits per heavy atom. The van der Waals surface area contributed by atoms with Crippen LogP contribution in [-0.2, 0) is 11.2 Å². The summed E-state index contributed by atoms with van der Waals surface area (Å²) in [6.45, 7) is 1.63. The van der Waals surface area contributed by atoms with Gasteiger partial charge in [-0.1, -0.05) is 18.1 Å². The molecule has 5 heteroatoms. The van der Waals surface area contributed by atoms with Crippen molar-refractivity contribution in [2.75, 3.05) is 11.6 Å². The summed E-state index contributed by atoms with van der Waals surface area (Å²) in [5.74, 6) is 5.47. The van der Waals surface area contributed by atoms with E-state index >= 15 is 0 Å². The lowest BCUT2D eigenvalue weighted by Crippen LogP contribution is -2.08. The number of carbonyl (C=O) groups is 1. The van der Waals surface area contributed by atoms with E-state index in [0.717, 1.165) is 22.1 Å². The topological polar surface area (TPSA) is 54.9 Å². The van der Waals surface area contributed by atoms with Crippen molar-refractivity contribution in [2.45, 2.75) is 18.4 Å². The maximum absolute atomic E-state index is 11.5. The molecule has 4 nitrogen and oxygen atoms in total. The fourth-order valence-electron chi connectivity index (χ4n) is 1.80. The van der Waals surface area contributed by atoms with Gasteiger partial charge in [0.1, 0.15) is 5.82 Å². The summed E-state index contributed by atoms with van der Waals surface area (Å²) in [4.78, 5) is 20.2. The van der Waals surface area contributed by atoms with Gasteiger partial charge in [0.15, 0.2) is 0 Å². The zero-order valence-electron chi connectivity index (χ0n) is 11.9. The summed E-state index contributed by atoms with van der Waals surface area (Å²) in [6, 6.07) is 9.50. The van der Waals surface area contributed by atoms with E-state index in [1.54, 1.807) is 24.9 Å². The third-order valence-corrected chi connectivity index (χ3v) is 3.32. The van der Waals surface area contributed by atoms with Crippen molar-refractivity contribution in [1.29, 1.82) is 0 Å². The molecule has 0 atom stereocenters. The molecule has 106 valence electrons. The molecule has 1 aromatic heterocycles. The molecule has 1 aromatic carbocycles. The predicted octanol–water partition coefficient (Wildman–Crippen LogP) is 2.75. The molecule has 0 saturated heterocycles. The van der Waals surface area contributed by atoms with E-state index < -0.39 is 0 Å². The lowest BCUT2D eigenvalue weighted by Gasteiger charge is -2.05. The molecule has 1 N–H and O–H groups in total. The van der Waals surface area contributed by atoms with Gasteiger partial charge < -0.3 is 5.32 Å². The molecular formula is C16H15N3OS. The first-order valence-electron chi connectivity index (χ1n) is 6.40. The van der Waals surface area contributed by atoms with Crippen LogP contribution in [0.4, 0.5) is 5.69 Å². The summed E-state index contributed by atoms with van der Waals surface area (Å²) in [6.07, 6.45) is 4.37. The van der Waals surface area contributed by atoms with Gasteiger partial charge >= 0.3 is 0 Å². The van der Waals surface area contributed by atoms with Crippen LogP contribution in [-0.4, -0.2) is 22.1 Å². The van der Waals surface area contributed by atoms with Gasteiger partial charge in [-0.05, 0) is 42.9 Å². The van der Waals surface area contributed by atoms with Gasteiger partial charge in [-0.3, -0.25) is 4.79 Å².